The minimum atomic E-state index is -5.08. The smallest absolute Gasteiger partial charge is 0.475 e. The molecule has 152 valence electrons. The maximum absolute atomic E-state index is 10.6. The maximum Gasteiger partial charge on any atom is 0.498 e. The Bertz CT molecular complexity index is 642. The van der Waals surface area contributed by atoms with E-state index in [0.29, 0.717) is 6.04 Å². The lowest BCUT2D eigenvalue weighted by Gasteiger charge is -2.32. The predicted molar refractivity (Wildman–Crippen MR) is 92.8 cm³/mol. The van der Waals surface area contributed by atoms with E-state index in [1.165, 1.54) is 0 Å². The number of piperidine rings is 1. The third kappa shape index (κ3) is 5.23. The number of halogens is 3. The summed E-state index contributed by atoms with van der Waals surface area (Å²) in [4.78, 5) is 8.90. The molecule has 0 unspecified atom stereocenters. The number of carbonyl (C=O) groups is 1. The molecule has 0 aliphatic carbocycles. The van der Waals surface area contributed by atoms with Crippen LogP contribution in [0.3, 0.4) is 0 Å². The third-order valence-electron chi connectivity index (χ3n) is 5.07. The summed E-state index contributed by atoms with van der Waals surface area (Å²) in [6.45, 7) is 10.4. The van der Waals surface area contributed by atoms with Crippen molar-refractivity contribution in [2.45, 2.75) is 64.0 Å². The molecule has 0 atom stereocenters. The minimum absolute atomic E-state index is 0.297. The third-order valence-corrected chi connectivity index (χ3v) is 5.07. The lowest BCUT2D eigenvalue weighted by molar-refractivity contribution is -0.192. The Kier molecular flexibility index (Phi) is 6.28. The fourth-order valence-corrected chi connectivity index (χ4v) is 2.72. The highest BCUT2D eigenvalue weighted by molar-refractivity contribution is 6.62. The zero-order valence-electron chi connectivity index (χ0n) is 15.8. The SMILES string of the molecule is CC1(C)OB(c2cnn(C3CCNCC3)c2)OC1(C)C.O=C(O)C(F)(F)F. The van der Waals surface area contributed by atoms with Crippen LogP contribution in [0.25, 0.3) is 0 Å². The molecule has 0 amide bonds. The van der Waals surface area contributed by atoms with Crippen molar-refractivity contribution in [3.8, 4) is 0 Å². The molecule has 27 heavy (non-hydrogen) atoms. The summed E-state index contributed by atoms with van der Waals surface area (Å²) in [5, 5.41) is 15.0. The summed E-state index contributed by atoms with van der Waals surface area (Å²) >= 11 is 0. The number of nitrogens with zero attached hydrogens (tertiary/aromatic N) is 2. The van der Waals surface area contributed by atoms with Gasteiger partial charge in [0.15, 0.2) is 0 Å². The highest BCUT2D eigenvalue weighted by Gasteiger charge is 2.52. The van der Waals surface area contributed by atoms with Gasteiger partial charge in [-0.05, 0) is 53.6 Å². The van der Waals surface area contributed by atoms with E-state index < -0.39 is 12.1 Å². The molecule has 11 heteroatoms. The average Bonchev–Trinajstić information content (AvgIpc) is 3.11. The molecule has 0 bridgehead atoms. The van der Waals surface area contributed by atoms with Crippen LogP contribution in [-0.4, -0.2) is 58.4 Å². The van der Waals surface area contributed by atoms with Crippen molar-refractivity contribution in [1.82, 2.24) is 15.1 Å². The molecule has 0 radical (unpaired) electrons. The molecule has 1 aromatic rings. The van der Waals surface area contributed by atoms with Gasteiger partial charge >= 0.3 is 19.3 Å². The zero-order chi connectivity index (χ0) is 20.5. The van der Waals surface area contributed by atoms with Gasteiger partial charge in [-0.25, -0.2) is 4.79 Å². The van der Waals surface area contributed by atoms with Gasteiger partial charge in [0.2, 0.25) is 0 Å². The van der Waals surface area contributed by atoms with Crippen molar-refractivity contribution >= 4 is 18.6 Å². The highest BCUT2D eigenvalue weighted by atomic mass is 19.4. The second-order valence-corrected chi connectivity index (χ2v) is 7.63. The van der Waals surface area contributed by atoms with Crippen molar-refractivity contribution in [2.75, 3.05) is 13.1 Å². The Morgan fingerprint density at radius 1 is 1.26 bits per heavy atom. The molecule has 2 N–H and O–H groups in total. The van der Waals surface area contributed by atoms with E-state index in [1.807, 2.05) is 6.20 Å². The topological polar surface area (TPSA) is 85.6 Å². The van der Waals surface area contributed by atoms with Crippen LogP contribution < -0.4 is 10.8 Å². The molecule has 3 heterocycles. The first-order valence-corrected chi connectivity index (χ1v) is 8.74. The van der Waals surface area contributed by atoms with Crippen LogP contribution >= 0.6 is 0 Å². The molecule has 2 fully saturated rings. The van der Waals surface area contributed by atoms with Crippen molar-refractivity contribution in [3.63, 3.8) is 0 Å². The number of hydrogen-bond acceptors (Lipinski definition) is 5. The van der Waals surface area contributed by atoms with Crippen molar-refractivity contribution in [3.05, 3.63) is 12.4 Å². The van der Waals surface area contributed by atoms with Gasteiger partial charge in [-0.1, -0.05) is 0 Å². The van der Waals surface area contributed by atoms with Gasteiger partial charge in [-0.2, -0.15) is 18.3 Å². The van der Waals surface area contributed by atoms with Gasteiger partial charge in [0.25, 0.3) is 0 Å². The molecule has 1 aromatic heterocycles. The second kappa shape index (κ2) is 7.80. The maximum atomic E-state index is 10.6. The fraction of sp³-hybridized carbons (Fsp3) is 0.750. The Labute approximate surface area is 156 Å². The highest BCUT2D eigenvalue weighted by Crippen LogP contribution is 2.36. The first-order chi connectivity index (χ1) is 12.3. The quantitative estimate of drug-likeness (QED) is 0.748. The molecule has 3 rings (SSSR count). The zero-order valence-corrected chi connectivity index (χ0v) is 15.8. The van der Waals surface area contributed by atoms with Gasteiger partial charge in [0, 0.05) is 17.9 Å². The van der Waals surface area contributed by atoms with Gasteiger partial charge in [0.1, 0.15) is 0 Å². The minimum Gasteiger partial charge on any atom is -0.475 e. The molecular formula is C16H25BF3N3O4. The van der Waals surface area contributed by atoms with E-state index in [4.69, 9.17) is 19.2 Å². The Morgan fingerprint density at radius 3 is 2.19 bits per heavy atom. The van der Waals surface area contributed by atoms with E-state index in [-0.39, 0.29) is 18.3 Å². The summed E-state index contributed by atoms with van der Waals surface area (Å²) < 4.78 is 45.9. The van der Waals surface area contributed by atoms with Gasteiger partial charge in [-0.3, -0.25) is 4.68 Å². The van der Waals surface area contributed by atoms with E-state index in [1.54, 1.807) is 0 Å². The monoisotopic (exact) mass is 391 g/mol. The van der Waals surface area contributed by atoms with Crippen LogP contribution in [0.5, 0.6) is 0 Å². The molecular weight excluding hydrogens is 366 g/mol. The van der Waals surface area contributed by atoms with Crippen LogP contribution in [0.2, 0.25) is 0 Å². The largest absolute Gasteiger partial charge is 0.498 e. The van der Waals surface area contributed by atoms with Crippen LogP contribution in [0.4, 0.5) is 13.2 Å². The lowest BCUT2D eigenvalue weighted by Crippen LogP contribution is -2.41. The lowest BCUT2D eigenvalue weighted by atomic mass is 9.82. The number of aliphatic carboxylic acids is 1. The Morgan fingerprint density at radius 2 is 1.74 bits per heavy atom. The molecule has 0 saturated carbocycles. The first-order valence-electron chi connectivity index (χ1n) is 8.74. The molecule has 2 aliphatic rings. The van der Waals surface area contributed by atoms with Crippen molar-refractivity contribution in [1.29, 1.82) is 0 Å². The normalized spacial score (nSPS) is 22.3. The summed E-state index contributed by atoms with van der Waals surface area (Å²) in [7, 11) is -0.310. The molecule has 2 saturated heterocycles. The van der Waals surface area contributed by atoms with E-state index in [2.05, 4.69) is 49.0 Å². The standard InChI is InChI=1S/C14H24BN3O2.C2HF3O2/c1-13(2)14(3,4)20-15(19-13)11-9-17-18(10-11)12-5-7-16-8-6-12;3-2(4,5)1(6)7/h9-10,12,16H,5-8H2,1-4H3;(H,6,7). The molecule has 0 spiro atoms. The van der Waals surface area contributed by atoms with Crippen LogP contribution in [0.1, 0.15) is 46.6 Å². The summed E-state index contributed by atoms with van der Waals surface area (Å²) in [5.74, 6) is -2.76. The van der Waals surface area contributed by atoms with Crippen molar-refractivity contribution < 1.29 is 32.4 Å². The molecule has 7 nitrogen and oxygen atoms in total. The Balaban J connectivity index is 0.000000321. The first kappa shape index (κ1) is 21.7. The van der Waals surface area contributed by atoms with E-state index in [0.717, 1.165) is 31.4 Å². The van der Waals surface area contributed by atoms with Crippen LogP contribution in [0, 0.1) is 0 Å². The number of nitrogens with one attached hydrogen (secondary N) is 1. The number of aromatic nitrogens is 2. The predicted octanol–water partition coefficient (Wildman–Crippen LogP) is 1.74. The summed E-state index contributed by atoms with van der Waals surface area (Å²) in [5.41, 5.74) is 0.422. The fourth-order valence-electron chi connectivity index (χ4n) is 2.72. The average molecular weight is 391 g/mol. The van der Waals surface area contributed by atoms with Crippen LogP contribution in [0.15, 0.2) is 12.4 Å². The van der Waals surface area contributed by atoms with Crippen LogP contribution in [-0.2, 0) is 14.1 Å². The van der Waals surface area contributed by atoms with Gasteiger partial charge in [0.05, 0.1) is 17.2 Å². The number of alkyl halides is 3. The van der Waals surface area contributed by atoms with Crippen molar-refractivity contribution in [2.24, 2.45) is 0 Å². The number of carboxylic acid groups (broad SMARTS) is 1. The number of rotatable bonds is 2. The van der Waals surface area contributed by atoms with E-state index in [9.17, 15) is 13.2 Å². The van der Waals surface area contributed by atoms with Gasteiger partial charge < -0.3 is 19.7 Å². The second-order valence-electron chi connectivity index (χ2n) is 7.63. The number of hydrogen-bond donors (Lipinski definition) is 2. The summed E-state index contributed by atoms with van der Waals surface area (Å²) in [6, 6.07) is 0.493. The molecule has 2 aliphatic heterocycles. The Hall–Kier alpha value is -1.59. The number of carboxylic acids is 1. The van der Waals surface area contributed by atoms with Gasteiger partial charge in [-0.15, -0.1) is 0 Å². The summed E-state index contributed by atoms with van der Waals surface area (Å²) in [6.07, 6.45) is 1.14. The molecule has 0 aromatic carbocycles. The van der Waals surface area contributed by atoms with E-state index >= 15 is 0 Å².